The first-order valence-electron chi connectivity index (χ1n) is 13.3. The number of aliphatic carboxylic acids is 1. The summed E-state index contributed by atoms with van der Waals surface area (Å²) in [5.74, 6) is -1.57. The number of aromatic amines is 1. The van der Waals surface area contributed by atoms with Crippen molar-refractivity contribution < 1.29 is 44.2 Å². The lowest BCUT2D eigenvalue weighted by molar-refractivity contribution is -0.229. The normalized spacial score (nSPS) is 33.3. The molecule has 212 valence electrons. The highest BCUT2D eigenvalue weighted by atomic mass is 16.6. The standard InChI is InChI=1S/C28H36N2O9/c1-4-13-11-30-8-7-16-15-6-5-14(25-23(32)22(31)24(33)26(39-25)27(34)35)9-19(15)29-21(16)20(30)10-17(13)18(12-37-2)28(36)38-3/h5-6,9,12-13,17,20,22-26,29,31-33H,4,7-8,10-11H2,1-3H3,(H,34,35)/b18-12+/t13-,17-,20+,22+,23+,24-,25-,26-/m0/s1. The predicted molar refractivity (Wildman–Crippen MR) is 139 cm³/mol. The zero-order valence-corrected chi connectivity index (χ0v) is 22.2. The number of hydrogen-bond acceptors (Lipinski definition) is 9. The van der Waals surface area contributed by atoms with Crippen molar-refractivity contribution in [1.82, 2.24) is 9.88 Å². The monoisotopic (exact) mass is 544 g/mol. The van der Waals surface area contributed by atoms with Crippen molar-refractivity contribution in [1.29, 1.82) is 0 Å². The SMILES string of the molecule is CC[C@H]1CN2CCc3c([nH]c4cc([C@@H]5O[C@H](C(=O)O)[C@@H](O)[C@H](O)[C@H]5O)ccc34)[C@H]2C[C@@H]1/C(=C\OC)C(=O)OC. The van der Waals surface area contributed by atoms with Gasteiger partial charge in [0.25, 0.3) is 0 Å². The molecule has 2 saturated heterocycles. The number of hydrogen-bond donors (Lipinski definition) is 5. The maximum Gasteiger partial charge on any atom is 0.337 e. The van der Waals surface area contributed by atoms with E-state index in [2.05, 4.69) is 16.8 Å². The van der Waals surface area contributed by atoms with Crippen LogP contribution in [0.15, 0.2) is 30.0 Å². The van der Waals surface area contributed by atoms with Crippen LogP contribution >= 0.6 is 0 Å². The summed E-state index contributed by atoms with van der Waals surface area (Å²) in [7, 11) is 2.90. The summed E-state index contributed by atoms with van der Waals surface area (Å²) in [6.07, 6.45) is -3.72. The number of carbonyl (C=O) groups is 2. The molecular formula is C28H36N2O9. The number of benzene rings is 1. The van der Waals surface area contributed by atoms with Gasteiger partial charge in [0.1, 0.15) is 24.4 Å². The molecule has 39 heavy (non-hydrogen) atoms. The van der Waals surface area contributed by atoms with Crippen LogP contribution in [-0.4, -0.2) is 94.0 Å². The first-order valence-corrected chi connectivity index (χ1v) is 13.3. The first-order chi connectivity index (χ1) is 18.7. The second kappa shape index (κ2) is 10.9. The largest absolute Gasteiger partial charge is 0.504 e. The van der Waals surface area contributed by atoms with Gasteiger partial charge >= 0.3 is 11.9 Å². The molecule has 11 nitrogen and oxygen atoms in total. The molecule has 0 aliphatic carbocycles. The number of aromatic nitrogens is 1. The lowest BCUT2D eigenvalue weighted by Gasteiger charge is -2.46. The van der Waals surface area contributed by atoms with E-state index in [0.717, 1.165) is 42.5 Å². The molecule has 0 amide bonds. The number of rotatable bonds is 6. The van der Waals surface area contributed by atoms with Gasteiger partial charge in [-0.2, -0.15) is 0 Å². The molecule has 0 radical (unpaired) electrons. The van der Waals surface area contributed by atoms with Gasteiger partial charge in [0.2, 0.25) is 0 Å². The van der Waals surface area contributed by atoms with Gasteiger partial charge in [-0.25, -0.2) is 9.59 Å². The third-order valence-electron chi connectivity index (χ3n) is 8.68. The lowest BCUT2D eigenvalue weighted by Crippen LogP contribution is -2.56. The Labute approximate surface area is 226 Å². The van der Waals surface area contributed by atoms with Crippen molar-refractivity contribution >= 4 is 22.8 Å². The highest BCUT2D eigenvalue weighted by molar-refractivity contribution is 5.89. The number of fused-ring (bicyclic) bond motifs is 5. The van der Waals surface area contributed by atoms with E-state index in [1.165, 1.54) is 26.0 Å². The molecule has 0 bridgehead atoms. The Hall–Kier alpha value is -2.96. The number of esters is 1. The molecule has 0 unspecified atom stereocenters. The van der Waals surface area contributed by atoms with Crippen LogP contribution in [0.5, 0.6) is 0 Å². The van der Waals surface area contributed by atoms with E-state index in [-0.39, 0.29) is 23.8 Å². The van der Waals surface area contributed by atoms with Gasteiger partial charge in [0.05, 0.1) is 32.1 Å². The minimum Gasteiger partial charge on any atom is -0.504 e. The van der Waals surface area contributed by atoms with Crippen molar-refractivity contribution in [3.05, 3.63) is 46.9 Å². The summed E-state index contributed by atoms with van der Waals surface area (Å²) in [5, 5.41) is 41.4. The van der Waals surface area contributed by atoms with Crippen molar-refractivity contribution in [2.24, 2.45) is 11.8 Å². The van der Waals surface area contributed by atoms with Crippen LogP contribution in [0.25, 0.3) is 10.9 Å². The number of nitrogens with one attached hydrogen (secondary N) is 1. The van der Waals surface area contributed by atoms with Gasteiger partial charge in [-0.05, 0) is 41.9 Å². The average molecular weight is 545 g/mol. The summed E-state index contributed by atoms with van der Waals surface area (Å²) in [6.45, 7) is 3.85. The van der Waals surface area contributed by atoms with Gasteiger partial charge in [-0.1, -0.05) is 25.5 Å². The number of nitrogens with zero attached hydrogens (tertiary/aromatic N) is 1. The Morgan fingerprint density at radius 2 is 1.95 bits per heavy atom. The molecule has 4 heterocycles. The van der Waals surface area contributed by atoms with E-state index in [0.29, 0.717) is 17.6 Å². The summed E-state index contributed by atoms with van der Waals surface area (Å²) in [6, 6.07) is 5.52. The molecule has 8 atom stereocenters. The molecule has 0 saturated carbocycles. The first kappa shape index (κ1) is 27.6. The van der Waals surface area contributed by atoms with Crippen molar-refractivity contribution in [3.8, 4) is 0 Å². The van der Waals surface area contributed by atoms with E-state index in [1.807, 2.05) is 6.07 Å². The molecule has 11 heteroatoms. The molecule has 5 rings (SSSR count). The van der Waals surface area contributed by atoms with E-state index >= 15 is 0 Å². The number of ether oxygens (including phenoxy) is 3. The molecule has 0 spiro atoms. The average Bonchev–Trinajstić information content (AvgIpc) is 3.31. The number of carboxylic acid groups (broad SMARTS) is 1. The predicted octanol–water partition coefficient (Wildman–Crippen LogP) is 1.42. The highest BCUT2D eigenvalue weighted by Gasteiger charge is 2.48. The van der Waals surface area contributed by atoms with Crippen molar-refractivity contribution in [2.75, 3.05) is 27.3 Å². The number of carboxylic acids is 1. The van der Waals surface area contributed by atoms with Crippen LogP contribution in [-0.2, 0) is 30.2 Å². The minimum atomic E-state index is -1.74. The number of H-pyrrole nitrogens is 1. The van der Waals surface area contributed by atoms with Gasteiger partial charge < -0.3 is 39.6 Å². The number of aliphatic hydroxyl groups is 3. The number of methoxy groups -OCH3 is 2. The highest BCUT2D eigenvalue weighted by Crippen LogP contribution is 2.46. The molecule has 1 aromatic carbocycles. The fourth-order valence-corrected chi connectivity index (χ4v) is 6.65. The van der Waals surface area contributed by atoms with Crippen LogP contribution in [0, 0.1) is 11.8 Å². The van der Waals surface area contributed by atoms with E-state index < -0.39 is 36.5 Å². The topological polar surface area (TPSA) is 162 Å². The number of aliphatic hydroxyl groups excluding tert-OH is 3. The van der Waals surface area contributed by atoms with Crippen LogP contribution in [0.4, 0.5) is 0 Å². The zero-order chi connectivity index (χ0) is 28.0. The second-order valence-electron chi connectivity index (χ2n) is 10.7. The Balaban J connectivity index is 1.49. The molecule has 5 N–H and O–H groups in total. The summed E-state index contributed by atoms with van der Waals surface area (Å²) in [4.78, 5) is 30.2. The van der Waals surface area contributed by atoms with Gasteiger partial charge in [0, 0.05) is 29.7 Å². The molecule has 2 fully saturated rings. The van der Waals surface area contributed by atoms with Gasteiger partial charge in [0.15, 0.2) is 6.10 Å². The minimum absolute atomic E-state index is 0.0387. The smallest absolute Gasteiger partial charge is 0.337 e. The summed E-state index contributed by atoms with van der Waals surface area (Å²) < 4.78 is 15.9. The molecule has 1 aromatic heterocycles. The Kier molecular flexibility index (Phi) is 7.71. The maximum atomic E-state index is 12.6. The Bertz CT molecular complexity index is 1270. The summed E-state index contributed by atoms with van der Waals surface area (Å²) in [5.41, 5.74) is 4.09. The van der Waals surface area contributed by atoms with Crippen LogP contribution < -0.4 is 0 Å². The molecule has 2 aromatic rings. The quantitative estimate of drug-likeness (QED) is 0.204. The fraction of sp³-hybridized carbons (Fsp3) is 0.571. The third-order valence-corrected chi connectivity index (χ3v) is 8.68. The van der Waals surface area contributed by atoms with Crippen molar-refractivity contribution in [3.63, 3.8) is 0 Å². The maximum absolute atomic E-state index is 12.6. The van der Waals surface area contributed by atoms with Crippen LogP contribution in [0.3, 0.4) is 0 Å². The van der Waals surface area contributed by atoms with E-state index in [4.69, 9.17) is 14.2 Å². The van der Waals surface area contributed by atoms with Gasteiger partial charge in [-0.15, -0.1) is 0 Å². The fourth-order valence-electron chi connectivity index (χ4n) is 6.65. The summed E-state index contributed by atoms with van der Waals surface area (Å²) >= 11 is 0. The number of piperidine rings is 1. The van der Waals surface area contributed by atoms with Crippen LogP contribution in [0.2, 0.25) is 0 Å². The van der Waals surface area contributed by atoms with E-state index in [9.17, 15) is 30.0 Å². The zero-order valence-electron chi connectivity index (χ0n) is 22.2. The number of carbonyl (C=O) groups excluding carboxylic acids is 1. The lowest BCUT2D eigenvalue weighted by atomic mass is 9.74. The third kappa shape index (κ3) is 4.72. The van der Waals surface area contributed by atoms with Crippen molar-refractivity contribution in [2.45, 2.75) is 62.7 Å². The molecule has 3 aliphatic rings. The Morgan fingerprint density at radius 1 is 1.18 bits per heavy atom. The Morgan fingerprint density at radius 3 is 2.62 bits per heavy atom. The van der Waals surface area contributed by atoms with Crippen LogP contribution in [0.1, 0.15) is 48.7 Å². The second-order valence-corrected chi connectivity index (χ2v) is 10.7. The van der Waals surface area contributed by atoms with Gasteiger partial charge in [-0.3, -0.25) is 4.90 Å². The molecule has 3 aliphatic heterocycles. The molecular weight excluding hydrogens is 508 g/mol. The van der Waals surface area contributed by atoms with E-state index in [1.54, 1.807) is 12.1 Å².